The number of fused-ring (bicyclic) bond motifs is 6. The van der Waals surface area contributed by atoms with Crippen molar-refractivity contribution in [2.45, 2.75) is 0 Å². The number of hydrogen-bond acceptors (Lipinski definition) is 1. The highest BCUT2D eigenvalue weighted by Crippen LogP contribution is 2.50. The minimum atomic E-state index is 0.932. The first kappa shape index (κ1) is 18.5. The smallest absolute Gasteiger partial charge is 0.136 e. The standard InChI is InChI=1S/C34H19NO/c1-2-9-21(10-3-1)35-28-14-7-13-24-26-19-31-27(22-11-4-5-15-30(22)36-31)18-25(26)23-12-6-8-20-16-17-29(35)34(32(20)23)33(24)28/h1-19H. The van der Waals surface area contributed by atoms with E-state index in [0.717, 1.165) is 16.6 Å². The van der Waals surface area contributed by atoms with Crippen LogP contribution in [0.1, 0.15) is 0 Å². The van der Waals surface area contributed by atoms with E-state index in [1.54, 1.807) is 0 Å². The minimum Gasteiger partial charge on any atom is -0.456 e. The molecule has 1 aliphatic carbocycles. The van der Waals surface area contributed by atoms with E-state index in [-0.39, 0.29) is 0 Å². The molecule has 6 aromatic carbocycles. The fraction of sp³-hybridized carbons (Fsp3) is 0. The zero-order valence-electron chi connectivity index (χ0n) is 19.3. The van der Waals surface area contributed by atoms with E-state index in [4.69, 9.17) is 4.42 Å². The molecule has 0 N–H and O–H groups in total. The van der Waals surface area contributed by atoms with Gasteiger partial charge in [0.15, 0.2) is 0 Å². The normalized spacial score (nSPS) is 12.4. The molecule has 0 amide bonds. The van der Waals surface area contributed by atoms with Crippen LogP contribution in [0, 0.1) is 0 Å². The highest BCUT2D eigenvalue weighted by Gasteiger charge is 2.25. The monoisotopic (exact) mass is 457 g/mol. The first-order valence-corrected chi connectivity index (χ1v) is 12.4. The summed E-state index contributed by atoms with van der Waals surface area (Å²) in [7, 11) is 0. The molecular weight excluding hydrogens is 438 g/mol. The van der Waals surface area contributed by atoms with Gasteiger partial charge in [-0.15, -0.1) is 0 Å². The molecule has 0 saturated carbocycles. The van der Waals surface area contributed by atoms with Gasteiger partial charge in [-0.25, -0.2) is 0 Å². The summed E-state index contributed by atoms with van der Waals surface area (Å²) in [5.41, 5.74) is 10.5. The number of furan rings is 1. The van der Waals surface area contributed by atoms with Crippen LogP contribution in [0.2, 0.25) is 0 Å². The summed E-state index contributed by atoms with van der Waals surface area (Å²) in [6.07, 6.45) is 0. The summed E-state index contributed by atoms with van der Waals surface area (Å²) in [4.78, 5) is 0. The van der Waals surface area contributed by atoms with Crippen molar-refractivity contribution < 1.29 is 4.42 Å². The van der Waals surface area contributed by atoms with Crippen molar-refractivity contribution in [3.8, 4) is 27.9 Å². The van der Waals surface area contributed by atoms with Gasteiger partial charge in [0.1, 0.15) is 11.2 Å². The SMILES string of the molecule is c1ccc(-n2c3cccc4c3c3c5c(cccc5ccc32)-c2cc3c(cc2-4)oc2ccccc23)cc1. The van der Waals surface area contributed by atoms with Gasteiger partial charge in [-0.1, -0.05) is 72.8 Å². The molecule has 0 bridgehead atoms. The third-order valence-corrected chi connectivity index (χ3v) is 7.91. The fourth-order valence-electron chi connectivity index (χ4n) is 6.45. The fourth-order valence-corrected chi connectivity index (χ4v) is 6.45. The van der Waals surface area contributed by atoms with Gasteiger partial charge in [0.05, 0.1) is 11.0 Å². The van der Waals surface area contributed by atoms with E-state index in [2.05, 4.69) is 114 Å². The predicted octanol–water partition coefficient (Wildman–Crippen LogP) is 9.48. The van der Waals surface area contributed by atoms with Gasteiger partial charge in [0, 0.05) is 27.2 Å². The van der Waals surface area contributed by atoms with Crippen LogP contribution in [-0.2, 0) is 0 Å². The van der Waals surface area contributed by atoms with E-state index in [1.165, 1.54) is 65.9 Å². The summed E-state index contributed by atoms with van der Waals surface area (Å²) in [6.45, 7) is 0. The first-order valence-electron chi connectivity index (χ1n) is 12.4. The van der Waals surface area contributed by atoms with E-state index in [9.17, 15) is 0 Å². The van der Waals surface area contributed by atoms with Crippen molar-refractivity contribution in [3.63, 3.8) is 0 Å². The third kappa shape index (κ3) is 2.18. The quantitative estimate of drug-likeness (QED) is 0.240. The molecule has 1 aliphatic rings. The van der Waals surface area contributed by atoms with Crippen molar-refractivity contribution in [2.24, 2.45) is 0 Å². The van der Waals surface area contributed by atoms with Crippen LogP contribution in [0.5, 0.6) is 0 Å². The van der Waals surface area contributed by atoms with Crippen LogP contribution in [0.3, 0.4) is 0 Å². The lowest BCUT2D eigenvalue weighted by atomic mass is 9.92. The number of nitrogens with zero attached hydrogens (tertiary/aromatic N) is 1. The van der Waals surface area contributed by atoms with Gasteiger partial charge >= 0.3 is 0 Å². The Morgan fingerprint density at radius 1 is 0.444 bits per heavy atom. The zero-order valence-corrected chi connectivity index (χ0v) is 19.3. The van der Waals surface area contributed by atoms with Gasteiger partial charge in [0.25, 0.3) is 0 Å². The molecule has 0 aliphatic heterocycles. The van der Waals surface area contributed by atoms with Crippen LogP contribution in [0.4, 0.5) is 0 Å². The Bertz CT molecular complexity index is 2190. The zero-order chi connectivity index (χ0) is 23.4. The summed E-state index contributed by atoms with van der Waals surface area (Å²) >= 11 is 0. The number of para-hydroxylation sites is 2. The van der Waals surface area contributed by atoms with Gasteiger partial charge in [-0.2, -0.15) is 0 Å². The molecule has 166 valence electrons. The van der Waals surface area contributed by atoms with Crippen LogP contribution < -0.4 is 0 Å². The van der Waals surface area contributed by atoms with Crippen LogP contribution in [0.15, 0.2) is 120 Å². The molecule has 0 unspecified atom stereocenters. The van der Waals surface area contributed by atoms with Crippen molar-refractivity contribution in [1.82, 2.24) is 4.57 Å². The molecular formula is C34H19NO. The molecule has 0 radical (unpaired) electrons. The van der Waals surface area contributed by atoms with Crippen LogP contribution in [-0.4, -0.2) is 4.57 Å². The maximum Gasteiger partial charge on any atom is 0.136 e. The lowest BCUT2D eigenvalue weighted by Crippen LogP contribution is -1.94. The second-order valence-electron chi connectivity index (χ2n) is 9.73. The highest BCUT2D eigenvalue weighted by atomic mass is 16.3. The average Bonchev–Trinajstić information content (AvgIpc) is 3.44. The molecule has 0 saturated heterocycles. The number of rotatable bonds is 1. The maximum atomic E-state index is 6.35. The summed E-state index contributed by atoms with van der Waals surface area (Å²) in [5, 5.41) is 7.57. The molecule has 2 aromatic heterocycles. The Morgan fingerprint density at radius 3 is 2.11 bits per heavy atom. The van der Waals surface area contributed by atoms with Gasteiger partial charge in [-0.3, -0.25) is 0 Å². The number of hydrogen-bond donors (Lipinski definition) is 0. The third-order valence-electron chi connectivity index (χ3n) is 7.91. The molecule has 2 heterocycles. The first-order chi connectivity index (χ1) is 17.9. The predicted molar refractivity (Wildman–Crippen MR) is 150 cm³/mol. The second-order valence-corrected chi connectivity index (χ2v) is 9.73. The Morgan fingerprint density at radius 2 is 1.19 bits per heavy atom. The topological polar surface area (TPSA) is 18.1 Å². The van der Waals surface area contributed by atoms with Crippen LogP contribution >= 0.6 is 0 Å². The molecule has 0 spiro atoms. The van der Waals surface area contributed by atoms with E-state index in [0.29, 0.717) is 0 Å². The van der Waals surface area contributed by atoms with Gasteiger partial charge < -0.3 is 8.98 Å². The molecule has 0 fully saturated rings. The minimum absolute atomic E-state index is 0.932. The summed E-state index contributed by atoms with van der Waals surface area (Å²) in [5.74, 6) is 0. The maximum absolute atomic E-state index is 6.35. The Hall–Kier alpha value is -4.82. The van der Waals surface area contributed by atoms with Crippen LogP contribution in [0.25, 0.3) is 82.5 Å². The van der Waals surface area contributed by atoms with Crippen molar-refractivity contribution in [3.05, 3.63) is 115 Å². The van der Waals surface area contributed by atoms with Crippen molar-refractivity contribution >= 4 is 54.5 Å². The van der Waals surface area contributed by atoms with Crippen molar-refractivity contribution in [2.75, 3.05) is 0 Å². The molecule has 2 heteroatoms. The van der Waals surface area contributed by atoms with Gasteiger partial charge in [-0.05, 0) is 75.5 Å². The number of aromatic nitrogens is 1. The van der Waals surface area contributed by atoms with Crippen molar-refractivity contribution in [1.29, 1.82) is 0 Å². The molecule has 0 atom stereocenters. The molecule has 8 aromatic rings. The average molecular weight is 458 g/mol. The molecule has 2 nitrogen and oxygen atoms in total. The highest BCUT2D eigenvalue weighted by molar-refractivity contribution is 6.31. The van der Waals surface area contributed by atoms with E-state index >= 15 is 0 Å². The van der Waals surface area contributed by atoms with E-state index < -0.39 is 0 Å². The van der Waals surface area contributed by atoms with E-state index in [1.807, 2.05) is 6.07 Å². The molecule has 9 rings (SSSR count). The van der Waals surface area contributed by atoms with Gasteiger partial charge in [0.2, 0.25) is 0 Å². The summed E-state index contributed by atoms with van der Waals surface area (Å²) < 4.78 is 8.76. The number of benzene rings is 6. The second kappa shape index (κ2) is 6.44. The Labute approximate surface area is 206 Å². The molecule has 36 heavy (non-hydrogen) atoms. The Kier molecular flexibility index (Phi) is 3.31. The lowest BCUT2D eigenvalue weighted by Gasteiger charge is -2.14. The largest absolute Gasteiger partial charge is 0.456 e. The summed E-state index contributed by atoms with van der Waals surface area (Å²) in [6, 6.07) is 41.6. The Balaban J connectivity index is 1.55. The lowest BCUT2D eigenvalue weighted by molar-refractivity contribution is 0.669.